The van der Waals surface area contributed by atoms with Crippen LogP contribution in [0.3, 0.4) is 0 Å². The molecule has 3 rings (SSSR count). The van der Waals surface area contributed by atoms with Crippen LogP contribution in [0, 0.1) is 5.92 Å². The highest BCUT2D eigenvalue weighted by Gasteiger charge is 2.33. The second kappa shape index (κ2) is 6.80. The van der Waals surface area contributed by atoms with E-state index >= 15 is 0 Å². The van der Waals surface area contributed by atoms with Crippen molar-refractivity contribution in [1.82, 2.24) is 5.32 Å². The van der Waals surface area contributed by atoms with E-state index in [0.717, 1.165) is 31.7 Å². The van der Waals surface area contributed by atoms with Crippen LogP contribution in [0.4, 0.5) is 0 Å². The summed E-state index contributed by atoms with van der Waals surface area (Å²) in [4.78, 5) is 0. The maximum atomic E-state index is 6.01. The largest absolute Gasteiger partial charge is 0.490 e. The van der Waals surface area contributed by atoms with Crippen molar-refractivity contribution in [3.63, 3.8) is 0 Å². The summed E-state index contributed by atoms with van der Waals surface area (Å²) in [5, 5.41) is 3.67. The Kier molecular flexibility index (Phi) is 4.81. The number of benzene rings is 1. The Labute approximate surface area is 128 Å². The molecule has 3 atom stereocenters. The first-order valence-electron chi connectivity index (χ1n) is 8.39. The fourth-order valence-electron chi connectivity index (χ4n) is 3.03. The monoisotopic (exact) mass is 289 g/mol. The third-order valence-electron chi connectivity index (χ3n) is 4.43. The molecule has 1 N–H and O–H groups in total. The fourth-order valence-corrected chi connectivity index (χ4v) is 3.03. The molecule has 116 valence electrons. The van der Waals surface area contributed by atoms with Gasteiger partial charge in [0, 0.05) is 6.61 Å². The Morgan fingerprint density at radius 1 is 1.33 bits per heavy atom. The molecule has 2 fully saturated rings. The van der Waals surface area contributed by atoms with Gasteiger partial charge >= 0.3 is 0 Å². The molecule has 1 saturated carbocycles. The summed E-state index contributed by atoms with van der Waals surface area (Å²) in [6, 6.07) is 8.83. The Morgan fingerprint density at radius 3 is 2.86 bits per heavy atom. The van der Waals surface area contributed by atoms with Crippen molar-refractivity contribution in [3.05, 3.63) is 29.8 Å². The lowest BCUT2D eigenvalue weighted by atomic mass is 9.92. The van der Waals surface area contributed by atoms with Crippen molar-refractivity contribution in [3.8, 4) is 5.75 Å². The van der Waals surface area contributed by atoms with Gasteiger partial charge in [-0.3, -0.25) is 0 Å². The molecule has 0 bridgehead atoms. The first-order chi connectivity index (χ1) is 10.3. The van der Waals surface area contributed by atoms with Gasteiger partial charge in [-0.2, -0.15) is 0 Å². The zero-order valence-corrected chi connectivity index (χ0v) is 13.2. The fraction of sp³-hybridized carbons (Fsp3) is 0.667. The summed E-state index contributed by atoms with van der Waals surface area (Å²) < 4.78 is 12.0. The zero-order chi connectivity index (χ0) is 14.7. The van der Waals surface area contributed by atoms with Gasteiger partial charge < -0.3 is 14.8 Å². The number of rotatable bonds is 7. The van der Waals surface area contributed by atoms with Crippen LogP contribution in [0.15, 0.2) is 24.3 Å². The minimum atomic E-state index is 0.269. The smallest absolute Gasteiger partial charge is 0.120 e. The highest BCUT2D eigenvalue weighted by Crippen LogP contribution is 2.34. The summed E-state index contributed by atoms with van der Waals surface area (Å²) in [5.41, 5.74) is 1.29. The molecule has 1 aromatic carbocycles. The van der Waals surface area contributed by atoms with E-state index in [4.69, 9.17) is 9.47 Å². The van der Waals surface area contributed by atoms with Gasteiger partial charge in [0.25, 0.3) is 0 Å². The quantitative estimate of drug-likeness (QED) is 0.830. The second-order valence-corrected chi connectivity index (χ2v) is 6.42. The Morgan fingerprint density at radius 2 is 2.19 bits per heavy atom. The topological polar surface area (TPSA) is 30.5 Å². The molecule has 0 aromatic heterocycles. The molecule has 2 aliphatic rings. The van der Waals surface area contributed by atoms with Gasteiger partial charge in [0.1, 0.15) is 5.75 Å². The standard InChI is InChI=1S/C18H27NO2/c1-3-10-19-17(18-13(2)9-11-20-18)14-5-4-6-16(12-14)21-15-7-8-15/h4-6,12-13,15,17-19H,3,7-11H2,1-2H3. The molecule has 1 heterocycles. The Balaban J connectivity index is 1.77. The maximum Gasteiger partial charge on any atom is 0.120 e. The Bertz CT molecular complexity index is 458. The van der Waals surface area contributed by atoms with Crippen molar-refractivity contribution >= 4 is 0 Å². The minimum absolute atomic E-state index is 0.269. The van der Waals surface area contributed by atoms with Crippen LogP contribution in [0.25, 0.3) is 0 Å². The van der Waals surface area contributed by atoms with Crippen LogP contribution in [0.1, 0.15) is 51.1 Å². The molecule has 0 amide bonds. The van der Waals surface area contributed by atoms with E-state index in [1.165, 1.54) is 18.4 Å². The SMILES string of the molecule is CCCNC(c1cccc(OC2CC2)c1)C1OCCC1C. The molecule has 21 heavy (non-hydrogen) atoms. The number of hydrogen-bond acceptors (Lipinski definition) is 3. The van der Waals surface area contributed by atoms with Crippen LogP contribution in [-0.2, 0) is 4.74 Å². The molecule has 1 aliphatic heterocycles. The van der Waals surface area contributed by atoms with Crippen molar-refractivity contribution in [2.75, 3.05) is 13.2 Å². The summed E-state index contributed by atoms with van der Waals surface area (Å²) in [5.74, 6) is 1.61. The lowest BCUT2D eigenvalue weighted by Gasteiger charge is -2.28. The molecule has 1 aromatic rings. The first-order valence-corrected chi connectivity index (χ1v) is 8.39. The van der Waals surface area contributed by atoms with Gasteiger partial charge in [-0.05, 0) is 55.8 Å². The van der Waals surface area contributed by atoms with E-state index < -0.39 is 0 Å². The molecule has 3 nitrogen and oxygen atoms in total. The molecular weight excluding hydrogens is 262 g/mol. The highest BCUT2D eigenvalue weighted by molar-refractivity contribution is 5.32. The van der Waals surface area contributed by atoms with Crippen LogP contribution >= 0.6 is 0 Å². The molecule has 1 aliphatic carbocycles. The molecule has 0 radical (unpaired) electrons. The van der Waals surface area contributed by atoms with Gasteiger partial charge in [0.15, 0.2) is 0 Å². The third-order valence-corrected chi connectivity index (χ3v) is 4.43. The van der Waals surface area contributed by atoms with E-state index in [-0.39, 0.29) is 12.1 Å². The third kappa shape index (κ3) is 3.78. The molecule has 0 spiro atoms. The van der Waals surface area contributed by atoms with Gasteiger partial charge in [0.05, 0.1) is 18.2 Å². The van der Waals surface area contributed by atoms with E-state index in [9.17, 15) is 0 Å². The molecule has 3 unspecified atom stereocenters. The normalized spacial score (nSPS) is 26.8. The van der Waals surface area contributed by atoms with Gasteiger partial charge in [-0.25, -0.2) is 0 Å². The van der Waals surface area contributed by atoms with E-state index in [2.05, 4.69) is 43.4 Å². The summed E-state index contributed by atoms with van der Waals surface area (Å²) in [6.07, 6.45) is 5.41. The van der Waals surface area contributed by atoms with Gasteiger partial charge in [-0.15, -0.1) is 0 Å². The predicted molar refractivity (Wildman–Crippen MR) is 84.6 cm³/mol. The maximum absolute atomic E-state index is 6.01. The van der Waals surface area contributed by atoms with Gasteiger partial charge in [0.2, 0.25) is 0 Å². The molecular formula is C18H27NO2. The minimum Gasteiger partial charge on any atom is -0.490 e. The van der Waals surface area contributed by atoms with E-state index in [0.29, 0.717) is 12.0 Å². The van der Waals surface area contributed by atoms with Crippen molar-refractivity contribution in [1.29, 1.82) is 0 Å². The zero-order valence-electron chi connectivity index (χ0n) is 13.2. The Hall–Kier alpha value is -1.06. The summed E-state index contributed by atoms with van der Waals surface area (Å²) in [6.45, 7) is 6.40. The summed E-state index contributed by atoms with van der Waals surface area (Å²) >= 11 is 0. The predicted octanol–water partition coefficient (Wildman–Crippen LogP) is 3.69. The number of ether oxygens (including phenoxy) is 2. The summed E-state index contributed by atoms with van der Waals surface area (Å²) in [7, 11) is 0. The van der Waals surface area contributed by atoms with Gasteiger partial charge in [-0.1, -0.05) is 26.0 Å². The van der Waals surface area contributed by atoms with Crippen LogP contribution in [0.5, 0.6) is 5.75 Å². The van der Waals surface area contributed by atoms with E-state index in [1.54, 1.807) is 0 Å². The average molecular weight is 289 g/mol. The van der Waals surface area contributed by atoms with Crippen molar-refractivity contribution < 1.29 is 9.47 Å². The van der Waals surface area contributed by atoms with E-state index in [1.807, 2.05) is 0 Å². The van der Waals surface area contributed by atoms with Crippen molar-refractivity contribution in [2.24, 2.45) is 5.92 Å². The average Bonchev–Trinajstić information content (AvgIpc) is 3.20. The number of hydrogen-bond donors (Lipinski definition) is 1. The second-order valence-electron chi connectivity index (χ2n) is 6.42. The lowest BCUT2D eigenvalue weighted by molar-refractivity contribution is 0.0606. The van der Waals surface area contributed by atoms with Crippen LogP contribution < -0.4 is 10.1 Å². The molecule has 3 heteroatoms. The highest BCUT2D eigenvalue weighted by atomic mass is 16.5. The number of nitrogens with one attached hydrogen (secondary N) is 1. The van der Waals surface area contributed by atoms with Crippen molar-refractivity contribution in [2.45, 2.75) is 57.8 Å². The van der Waals surface area contributed by atoms with Crippen LogP contribution in [0.2, 0.25) is 0 Å². The molecule has 1 saturated heterocycles. The first kappa shape index (κ1) is 14.9. The van der Waals surface area contributed by atoms with Crippen LogP contribution in [-0.4, -0.2) is 25.4 Å². The lowest BCUT2D eigenvalue weighted by Crippen LogP contribution is -2.35.